The molecule has 0 aromatic heterocycles. The van der Waals surface area contributed by atoms with Gasteiger partial charge in [-0.3, -0.25) is 4.79 Å². The van der Waals surface area contributed by atoms with Gasteiger partial charge in [0, 0.05) is 5.56 Å². The molecule has 1 saturated carbocycles. The van der Waals surface area contributed by atoms with Crippen LogP contribution in [0.15, 0.2) is 54.6 Å². The molecule has 0 radical (unpaired) electrons. The Bertz CT molecular complexity index is 738. The van der Waals surface area contributed by atoms with Gasteiger partial charge in [0.15, 0.2) is 6.61 Å². The van der Waals surface area contributed by atoms with E-state index >= 15 is 0 Å². The highest BCUT2D eigenvalue weighted by atomic mass is 16.5. The number of benzene rings is 2. The molecule has 5 nitrogen and oxygen atoms in total. The molecule has 24 heavy (non-hydrogen) atoms. The largest absolute Gasteiger partial charge is 0.483 e. The van der Waals surface area contributed by atoms with E-state index in [4.69, 9.17) is 4.74 Å². The van der Waals surface area contributed by atoms with Crippen LogP contribution in [0.2, 0.25) is 0 Å². The molecular weight excluding hydrogens is 306 g/mol. The van der Waals surface area contributed by atoms with E-state index < -0.39 is 17.4 Å². The van der Waals surface area contributed by atoms with Gasteiger partial charge in [-0.1, -0.05) is 48.5 Å². The summed E-state index contributed by atoms with van der Waals surface area (Å²) in [4.78, 5) is 23.4. The lowest BCUT2D eigenvalue weighted by atomic mass is 9.77. The van der Waals surface area contributed by atoms with Gasteiger partial charge < -0.3 is 15.2 Å². The maximum atomic E-state index is 12.1. The SMILES string of the molecule is O=C(COc1ccccc1-c1ccccc1)NC1(C(=O)O)CCC1. The highest BCUT2D eigenvalue weighted by Crippen LogP contribution is 2.32. The van der Waals surface area contributed by atoms with E-state index in [2.05, 4.69) is 5.32 Å². The Balaban J connectivity index is 1.67. The molecule has 0 bridgehead atoms. The number of carboxylic acids is 1. The average molecular weight is 325 g/mol. The van der Waals surface area contributed by atoms with Crippen molar-refractivity contribution < 1.29 is 19.4 Å². The van der Waals surface area contributed by atoms with E-state index in [1.807, 2.05) is 48.5 Å². The molecule has 5 heteroatoms. The zero-order chi connectivity index (χ0) is 17.0. The van der Waals surface area contributed by atoms with Crippen LogP contribution in [0.1, 0.15) is 19.3 Å². The number of aliphatic carboxylic acids is 1. The van der Waals surface area contributed by atoms with Gasteiger partial charge in [-0.2, -0.15) is 0 Å². The number of amides is 1. The minimum Gasteiger partial charge on any atom is -0.483 e. The number of carboxylic acid groups (broad SMARTS) is 1. The highest BCUT2D eigenvalue weighted by Gasteiger charge is 2.45. The van der Waals surface area contributed by atoms with E-state index in [1.165, 1.54) is 0 Å². The minimum atomic E-state index is -1.11. The predicted molar refractivity (Wildman–Crippen MR) is 89.7 cm³/mol. The normalized spacial score (nSPS) is 15.2. The molecule has 1 aliphatic rings. The van der Waals surface area contributed by atoms with E-state index in [9.17, 15) is 14.7 Å². The van der Waals surface area contributed by atoms with Crippen molar-refractivity contribution in [2.24, 2.45) is 0 Å². The zero-order valence-electron chi connectivity index (χ0n) is 13.2. The Kier molecular flexibility index (Phi) is 4.51. The van der Waals surface area contributed by atoms with E-state index in [-0.39, 0.29) is 6.61 Å². The summed E-state index contributed by atoms with van der Waals surface area (Å²) in [5, 5.41) is 11.9. The summed E-state index contributed by atoms with van der Waals surface area (Å²) in [6.45, 7) is -0.209. The van der Waals surface area contributed by atoms with Crippen molar-refractivity contribution >= 4 is 11.9 Å². The Morgan fingerprint density at radius 2 is 1.71 bits per heavy atom. The first-order chi connectivity index (χ1) is 11.6. The standard InChI is InChI=1S/C19H19NO4/c21-17(20-19(18(22)23)11-6-12-19)13-24-16-10-5-4-9-15(16)14-7-2-1-3-8-14/h1-5,7-10H,6,11-13H2,(H,20,21)(H,22,23). The van der Waals surface area contributed by atoms with Crippen LogP contribution in [-0.2, 0) is 9.59 Å². The van der Waals surface area contributed by atoms with Crippen molar-refractivity contribution in [3.05, 3.63) is 54.6 Å². The Morgan fingerprint density at radius 1 is 1.04 bits per heavy atom. The third-order valence-electron chi connectivity index (χ3n) is 4.33. The van der Waals surface area contributed by atoms with Gasteiger partial charge in [0.2, 0.25) is 0 Å². The number of rotatable bonds is 6. The summed E-state index contributed by atoms with van der Waals surface area (Å²) in [5.74, 6) is -0.802. The molecule has 0 atom stereocenters. The Hall–Kier alpha value is -2.82. The number of nitrogens with one attached hydrogen (secondary N) is 1. The molecule has 1 aliphatic carbocycles. The van der Waals surface area contributed by atoms with Crippen LogP contribution >= 0.6 is 0 Å². The smallest absolute Gasteiger partial charge is 0.329 e. The van der Waals surface area contributed by atoms with Gasteiger partial charge in [0.1, 0.15) is 11.3 Å². The molecule has 3 rings (SSSR count). The summed E-state index contributed by atoms with van der Waals surface area (Å²) >= 11 is 0. The molecule has 0 heterocycles. The number of carbonyl (C=O) groups is 2. The molecule has 1 fully saturated rings. The number of para-hydroxylation sites is 1. The van der Waals surface area contributed by atoms with Crippen molar-refractivity contribution in [2.75, 3.05) is 6.61 Å². The van der Waals surface area contributed by atoms with Crippen molar-refractivity contribution in [3.8, 4) is 16.9 Å². The molecule has 1 amide bonds. The first kappa shape index (κ1) is 16.1. The van der Waals surface area contributed by atoms with Crippen LogP contribution in [0.3, 0.4) is 0 Å². The lowest BCUT2D eigenvalue weighted by molar-refractivity contribution is -0.152. The third kappa shape index (κ3) is 3.25. The number of ether oxygens (including phenoxy) is 1. The molecule has 0 aliphatic heterocycles. The monoisotopic (exact) mass is 325 g/mol. The quantitative estimate of drug-likeness (QED) is 0.856. The van der Waals surface area contributed by atoms with E-state index in [0.717, 1.165) is 17.5 Å². The molecule has 2 N–H and O–H groups in total. The first-order valence-corrected chi connectivity index (χ1v) is 7.92. The van der Waals surface area contributed by atoms with Crippen molar-refractivity contribution in [1.82, 2.24) is 5.32 Å². The first-order valence-electron chi connectivity index (χ1n) is 7.92. The Labute approximate surface area is 140 Å². The second-order valence-corrected chi connectivity index (χ2v) is 5.94. The summed E-state index contributed by atoms with van der Waals surface area (Å²) in [6, 6.07) is 17.2. The molecule has 0 saturated heterocycles. The maximum Gasteiger partial charge on any atom is 0.329 e. The number of carbonyl (C=O) groups excluding carboxylic acids is 1. The van der Waals surface area contributed by atoms with Gasteiger partial charge in [0.25, 0.3) is 5.91 Å². The molecular formula is C19H19NO4. The average Bonchev–Trinajstić information content (AvgIpc) is 2.57. The number of hydrogen-bond donors (Lipinski definition) is 2. The van der Waals surface area contributed by atoms with Gasteiger partial charge in [0.05, 0.1) is 0 Å². The van der Waals surface area contributed by atoms with Gasteiger partial charge in [-0.05, 0) is 30.9 Å². The fraction of sp³-hybridized carbons (Fsp3) is 0.263. The van der Waals surface area contributed by atoms with E-state index in [1.54, 1.807) is 6.07 Å². The lowest BCUT2D eigenvalue weighted by Crippen LogP contribution is -2.59. The Morgan fingerprint density at radius 3 is 2.33 bits per heavy atom. The maximum absolute atomic E-state index is 12.1. The van der Waals surface area contributed by atoms with Gasteiger partial charge in [-0.25, -0.2) is 4.79 Å². The van der Waals surface area contributed by atoms with Crippen LogP contribution in [0.5, 0.6) is 5.75 Å². The van der Waals surface area contributed by atoms with Crippen molar-refractivity contribution in [2.45, 2.75) is 24.8 Å². The minimum absolute atomic E-state index is 0.209. The zero-order valence-corrected chi connectivity index (χ0v) is 13.2. The summed E-state index contributed by atoms with van der Waals surface area (Å²) < 4.78 is 5.64. The van der Waals surface area contributed by atoms with Crippen molar-refractivity contribution in [1.29, 1.82) is 0 Å². The predicted octanol–water partition coefficient (Wildman–Crippen LogP) is 2.86. The van der Waals surface area contributed by atoms with Crippen LogP contribution in [0.4, 0.5) is 0 Å². The summed E-state index contributed by atoms with van der Waals surface area (Å²) in [7, 11) is 0. The summed E-state index contributed by atoms with van der Waals surface area (Å²) in [6.07, 6.45) is 1.74. The number of hydrogen-bond acceptors (Lipinski definition) is 3. The molecule has 0 unspecified atom stereocenters. The van der Waals surface area contributed by atoms with Crippen molar-refractivity contribution in [3.63, 3.8) is 0 Å². The van der Waals surface area contributed by atoms with Crippen LogP contribution in [0, 0.1) is 0 Å². The van der Waals surface area contributed by atoms with Gasteiger partial charge in [-0.15, -0.1) is 0 Å². The topological polar surface area (TPSA) is 75.6 Å². The molecule has 2 aromatic carbocycles. The second-order valence-electron chi connectivity index (χ2n) is 5.94. The molecule has 124 valence electrons. The van der Waals surface area contributed by atoms with Gasteiger partial charge >= 0.3 is 5.97 Å². The lowest BCUT2D eigenvalue weighted by Gasteiger charge is -2.38. The highest BCUT2D eigenvalue weighted by molar-refractivity contribution is 5.88. The third-order valence-corrected chi connectivity index (χ3v) is 4.33. The van der Waals surface area contributed by atoms with Crippen LogP contribution in [0.25, 0.3) is 11.1 Å². The van der Waals surface area contributed by atoms with Crippen LogP contribution < -0.4 is 10.1 Å². The van der Waals surface area contributed by atoms with Crippen LogP contribution in [-0.4, -0.2) is 29.1 Å². The van der Waals surface area contributed by atoms with E-state index in [0.29, 0.717) is 18.6 Å². The fourth-order valence-corrected chi connectivity index (χ4v) is 2.82. The summed E-state index contributed by atoms with van der Waals surface area (Å²) in [5.41, 5.74) is 0.774. The fourth-order valence-electron chi connectivity index (χ4n) is 2.82. The molecule has 0 spiro atoms. The second kappa shape index (κ2) is 6.74. The molecule has 2 aromatic rings.